The molecule has 1 unspecified atom stereocenters. The fraction of sp³-hybridized carbons (Fsp3) is 0.286. The second kappa shape index (κ2) is 6.99. The summed E-state index contributed by atoms with van der Waals surface area (Å²) in [5, 5.41) is 9.57. The largest absolute Gasteiger partial charge is 0.349 e. The standard InChI is InChI=1S/C14H17N3OS/c1-11(12-9-15-16-10-12)17-14(18)7-8-19-13-5-3-2-4-6-13/h2-6,9-11H,7-8H2,1H3,(H,15,16)(H,17,18). The maximum atomic E-state index is 11.8. The minimum atomic E-state index is -0.00650. The van der Waals surface area contributed by atoms with E-state index in [0.717, 1.165) is 11.3 Å². The number of hydrogen-bond donors (Lipinski definition) is 2. The van der Waals surface area contributed by atoms with Gasteiger partial charge in [0.1, 0.15) is 0 Å². The average Bonchev–Trinajstić information content (AvgIpc) is 2.94. The van der Waals surface area contributed by atoms with E-state index in [-0.39, 0.29) is 11.9 Å². The molecule has 0 spiro atoms. The molecule has 0 saturated heterocycles. The molecular weight excluding hydrogens is 258 g/mol. The molecule has 1 amide bonds. The van der Waals surface area contributed by atoms with Gasteiger partial charge in [-0.2, -0.15) is 5.10 Å². The number of H-pyrrole nitrogens is 1. The first kappa shape index (κ1) is 13.7. The molecule has 0 fully saturated rings. The zero-order valence-electron chi connectivity index (χ0n) is 10.8. The van der Waals surface area contributed by atoms with Crippen molar-refractivity contribution in [3.8, 4) is 0 Å². The average molecular weight is 275 g/mol. The smallest absolute Gasteiger partial charge is 0.221 e. The summed E-state index contributed by atoms with van der Waals surface area (Å²) in [6.45, 7) is 1.95. The minimum absolute atomic E-state index is 0.00650. The number of nitrogens with one attached hydrogen (secondary N) is 2. The second-order valence-electron chi connectivity index (χ2n) is 4.23. The van der Waals surface area contributed by atoms with E-state index < -0.39 is 0 Å². The van der Waals surface area contributed by atoms with Crippen molar-refractivity contribution in [2.75, 3.05) is 5.75 Å². The Balaban J connectivity index is 1.70. The van der Waals surface area contributed by atoms with Crippen LogP contribution in [0.25, 0.3) is 0 Å². The predicted octanol–water partition coefficient (Wildman–Crippen LogP) is 2.77. The summed E-state index contributed by atoms with van der Waals surface area (Å²) in [6.07, 6.45) is 4.04. The molecule has 4 nitrogen and oxygen atoms in total. The third-order valence-corrected chi connectivity index (χ3v) is 3.75. The number of aromatic amines is 1. The normalized spacial score (nSPS) is 12.1. The van der Waals surface area contributed by atoms with Crippen molar-refractivity contribution < 1.29 is 4.79 Å². The van der Waals surface area contributed by atoms with Crippen LogP contribution in [0.4, 0.5) is 0 Å². The Morgan fingerprint density at radius 3 is 2.89 bits per heavy atom. The molecule has 0 bridgehead atoms. The van der Waals surface area contributed by atoms with Gasteiger partial charge in [0.15, 0.2) is 0 Å². The van der Waals surface area contributed by atoms with Gasteiger partial charge in [0, 0.05) is 28.8 Å². The van der Waals surface area contributed by atoms with Crippen LogP contribution in [0.3, 0.4) is 0 Å². The summed E-state index contributed by atoms with van der Waals surface area (Å²) in [6, 6.07) is 10.1. The quantitative estimate of drug-likeness (QED) is 0.797. The van der Waals surface area contributed by atoms with Crippen molar-refractivity contribution >= 4 is 17.7 Å². The first-order valence-electron chi connectivity index (χ1n) is 6.21. The first-order chi connectivity index (χ1) is 9.25. The predicted molar refractivity (Wildman–Crippen MR) is 76.9 cm³/mol. The Labute approximate surface area is 117 Å². The Morgan fingerprint density at radius 1 is 1.42 bits per heavy atom. The highest BCUT2D eigenvalue weighted by atomic mass is 32.2. The van der Waals surface area contributed by atoms with E-state index in [1.54, 1.807) is 24.2 Å². The molecule has 19 heavy (non-hydrogen) atoms. The van der Waals surface area contributed by atoms with E-state index >= 15 is 0 Å². The fourth-order valence-electron chi connectivity index (χ4n) is 1.67. The van der Waals surface area contributed by atoms with Crippen molar-refractivity contribution in [2.45, 2.75) is 24.3 Å². The van der Waals surface area contributed by atoms with Gasteiger partial charge in [-0.15, -0.1) is 11.8 Å². The van der Waals surface area contributed by atoms with Gasteiger partial charge in [-0.25, -0.2) is 0 Å². The molecule has 0 aliphatic carbocycles. The maximum absolute atomic E-state index is 11.8. The Hall–Kier alpha value is -1.75. The lowest BCUT2D eigenvalue weighted by Gasteiger charge is -2.11. The van der Waals surface area contributed by atoms with Crippen LogP contribution >= 0.6 is 11.8 Å². The van der Waals surface area contributed by atoms with E-state index in [0.29, 0.717) is 6.42 Å². The lowest BCUT2D eigenvalue weighted by molar-refractivity contribution is -0.121. The molecule has 0 aliphatic rings. The van der Waals surface area contributed by atoms with Crippen molar-refractivity contribution in [1.82, 2.24) is 15.5 Å². The third kappa shape index (κ3) is 4.44. The van der Waals surface area contributed by atoms with Crippen molar-refractivity contribution in [3.63, 3.8) is 0 Å². The van der Waals surface area contributed by atoms with Crippen molar-refractivity contribution in [3.05, 3.63) is 48.3 Å². The molecule has 0 saturated carbocycles. The van der Waals surface area contributed by atoms with Gasteiger partial charge in [0.2, 0.25) is 5.91 Å². The van der Waals surface area contributed by atoms with Gasteiger partial charge in [-0.1, -0.05) is 18.2 Å². The van der Waals surface area contributed by atoms with Gasteiger partial charge in [0.05, 0.1) is 12.2 Å². The van der Waals surface area contributed by atoms with E-state index in [9.17, 15) is 4.79 Å². The molecule has 1 aromatic carbocycles. The molecule has 2 aromatic rings. The molecule has 1 heterocycles. The van der Waals surface area contributed by atoms with Gasteiger partial charge >= 0.3 is 0 Å². The highest BCUT2D eigenvalue weighted by Crippen LogP contribution is 2.18. The van der Waals surface area contributed by atoms with Crippen molar-refractivity contribution in [1.29, 1.82) is 0 Å². The van der Waals surface area contributed by atoms with E-state index in [1.165, 1.54) is 4.90 Å². The van der Waals surface area contributed by atoms with Gasteiger partial charge in [-0.05, 0) is 19.1 Å². The molecule has 100 valence electrons. The summed E-state index contributed by atoms with van der Waals surface area (Å²) in [5.41, 5.74) is 0.990. The van der Waals surface area contributed by atoms with Crippen LogP contribution in [0.1, 0.15) is 24.9 Å². The van der Waals surface area contributed by atoms with Crippen LogP contribution in [0, 0.1) is 0 Å². The van der Waals surface area contributed by atoms with E-state index in [2.05, 4.69) is 27.6 Å². The molecule has 2 N–H and O–H groups in total. The molecule has 0 aliphatic heterocycles. The Morgan fingerprint density at radius 2 is 2.21 bits per heavy atom. The maximum Gasteiger partial charge on any atom is 0.221 e. The number of thioether (sulfide) groups is 1. The number of hydrogen-bond acceptors (Lipinski definition) is 3. The zero-order chi connectivity index (χ0) is 13.5. The van der Waals surface area contributed by atoms with E-state index in [4.69, 9.17) is 0 Å². The number of amides is 1. The van der Waals surface area contributed by atoms with Crippen LogP contribution in [-0.2, 0) is 4.79 Å². The number of carbonyl (C=O) groups is 1. The number of aromatic nitrogens is 2. The van der Waals surface area contributed by atoms with Crippen LogP contribution < -0.4 is 5.32 Å². The molecular formula is C14H17N3OS. The van der Waals surface area contributed by atoms with Gasteiger partial charge in [-0.3, -0.25) is 9.89 Å². The molecule has 5 heteroatoms. The summed E-state index contributed by atoms with van der Waals surface area (Å²) < 4.78 is 0. The van der Waals surface area contributed by atoms with Gasteiger partial charge in [0.25, 0.3) is 0 Å². The molecule has 0 radical (unpaired) electrons. The van der Waals surface area contributed by atoms with Crippen LogP contribution in [0.5, 0.6) is 0 Å². The van der Waals surface area contributed by atoms with Crippen LogP contribution in [0.15, 0.2) is 47.6 Å². The Bertz CT molecular complexity index is 499. The lowest BCUT2D eigenvalue weighted by atomic mass is 10.2. The highest BCUT2D eigenvalue weighted by molar-refractivity contribution is 7.99. The first-order valence-corrected chi connectivity index (χ1v) is 7.20. The zero-order valence-corrected chi connectivity index (χ0v) is 11.6. The second-order valence-corrected chi connectivity index (χ2v) is 5.40. The van der Waals surface area contributed by atoms with Crippen molar-refractivity contribution in [2.24, 2.45) is 0 Å². The molecule has 1 aromatic heterocycles. The molecule has 2 rings (SSSR count). The van der Waals surface area contributed by atoms with Crippen LogP contribution in [-0.4, -0.2) is 21.9 Å². The number of nitrogens with zero attached hydrogens (tertiary/aromatic N) is 1. The monoisotopic (exact) mass is 275 g/mol. The summed E-state index contributed by atoms with van der Waals surface area (Å²) >= 11 is 1.69. The van der Waals surface area contributed by atoms with E-state index in [1.807, 2.05) is 25.1 Å². The number of rotatable bonds is 6. The highest BCUT2D eigenvalue weighted by Gasteiger charge is 2.10. The molecule has 1 atom stereocenters. The number of carbonyl (C=O) groups excluding carboxylic acids is 1. The summed E-state index contributed by atoms with van der Waals surface area (Å²) in [5.74, 6) is 0.852. The lowest BCUT2D eigenvalue weighted by Crippen LogP contribution is -2.26. The Kier molecular flexibility index (Phi) is 5.03. The third-order valence-electron chi connectivity index (χ3n) is 2.74. The minimum Gasteiger partial charge on any atom is -0.349 e. The van der Waals surface area contributed by atoms with Gasteiger partial charge < -0.3 is 5.32 Å². The fourth-order valence-corrected chi connectivity index (χ4v) is 2.55. The van der Waals surface area contributed by atoms with Crippen LogP contribution in [0.2, 0.25) is 0 Å². The number of benzene rings is 1. The summed E-state index contributed by atoms with van der Waals surface area (Å²) in [7, 11) is 0. The SMILES string of the molecule is CC(NC(=O)CCSc1ccccc1)c1cn[nH]c1. The summed E-state index contributed by atoms with van der Waals surface area (Å²) in [4.78, 5) is 13.0. The topological polar surface area (TPSA) is 57.8 Å².